The summed E-state index contributed by atoms with van der Waals surface area (Å²) in [4.78, 5) is 0. The third-order valence-corrected chi connectivity index (χ3v) is 3.51. The van der Waals surface area contributed by atoms with E-state index in [0.29, 0.717) is 13.3 Å². The van der Waals surface area contributed by atoms with Gasteiger partial charge >= 0.3 is 0 Å². The van der Waals surface area contributed by atoms with Crippen molar-refractivity contribution in [2.45, 2.75) is 6.73 Å². The van der Waals surface area contributed by atoms with E-state index in [1.54, 1.807) is 0 Å². The van der Waals surface area contributed by atoms with Gasteiger partial charge < -0.3 is 20.1 Å². The van der Waals surface area contributed by atoms with E-state index in [1.807, 2.05) is 54.6 Å². The molecule has 0 fully saturated rings. The number of hydrogen-bond donors (Lipinski definition) is 2. The summed E-state index contributed by atoms with van der Waals surface area (Å²) < 4.78 is 7.56. The van der Waals surface area contributed by atoms with Crippen LogP contribution >= 0.6 is 0 Å². The number of anilines is 1. The summed E-state index contributed by atoms with van der Waals surface area (Å²) in [5.41, 5.74) is 10.1. The Morgan fingerprint density at radius 3 is 2.48 bits per heavy atom. The normalized spacial score (nSPS) is 11.1. The summed E-state index contributed by atoms with van der Waals surface area (Å²) in [7, 11) is 0. The van der Waals surface area contributed by atoms with Crippen LogP contribution in [-0.2, 0) is 11.5 Å². The summed E-state index contributed by atoms with van der Waals surface area (Å²) in [6, 6.07) is 18.0. The molecule has 0 saturated carbocycles. The Labute approximate surface area is 123 Å². The number of nitrogens with two attached hydrogens (primary N) is 1. The van der Waals surface area contributed by atoms with Crippen molar-refractivity contribution >= 4 is 16.6 Å². The average Bonchev–Trinajstić information content (AvgIpc) is 2.82. The van der Waals surface area contributed by atoms with Gasteiger partial charge in [0.25, 0.3) is 0 Å². The highest BCUT2D eigenvalue weighted by molar-refractivity contribution is 6.00. The van der Waals surface area contributed by atoms with E-state index in [2.05, 4.69) is 4.57 Å². The highest BCUT2D eigenvalue weighted by Crippen LogP contribution is 2.35. The second-order valence-corrected chi connectivity index (χ2v) is 4.83. The number of nitrogens with zero attached hydrogens (tertiary/aromatic N) is 1. The van der Waals surface area contributed by atoms with Crippen LogP contribution in [-0.4, -0.2) is 22.9 Å². The molecular weight excluding hydrogens is 264 g/mol. The molecule has 4 heteroatoms. The fraction of sp³-hybridized carbons (Fsp3) is 0.176. The molecule has 1 heterocycles. The first-order valence-corrected chi connectivity index (χ1v) is 6.93. The highest BCUT2D eigenvalue weighted by atomic mass is 16.5. The van der Waals surface area contributed by atoms with Gasteiger partial charge in [0.2, 0.25) is 0 Å². The number of aliphatic hydroxyl groups is 1. The number of para-hydroxylation sites is 1. The molecule has 3 rings (SSSR count). The molecule has 3 N–H and O–H groups in total. The van der Waals surface area contributed by atoms with Crippen molar-refractivity contribution in [2.75, 3.05) is 18.9 Å². The van der Waals surface area contributed by atoms with Gasteiger partial charge in [0.05, 0.1) is 30.1 Å². The minimum Gasteiger partial charge on any atom is -0.396 e. The number of fused-ring (bicyclic) bond motifs is 1. The molecule has 0 radical (unpaired) electrons. The summed E-state index contributed by atoms with van der Waals surface area (Å²) in [6.45, 7) is 0.679. The van der Waals surface area contributed by atoms with E-state index < -0.39 is 0 Å². The molecule has 0 bridgehead atoms. The predicted molar refractivity (Wildman–Crippen MR) is 84.8 cm³/mol. The summed E-state index contributed by atoms with van der Waals surface area (Å²) in [5, 5.41) is 9.91. The van der Waals surface area contributed by atoms with Crippen molar-refractivity contribution in [2.24, 2.45) is 0 Å². The number of rotatable bonds is 5. The molecule has 3 aromatic rings. The molecular formula is C17H18N2O2. The maximum Gasteiger partial charge on any atom is 0.123 e. The molecule has 0 saturated heterocycles. The van der Waals surface area contributed by atoms with Crippen LogP contribution in [0.2, 0.25) is 0 Å². The van der Waals surface area contributed by atoms with Crippen molar-refractivity contribution in [1.29, 1.82) is 0 Å². The van der Waals surface area contributed by atoms with Crippen molar-refractivity contribution in [3.05, 3.63) is 54.6 Å². The maximum absolute atomic E-state index is 8.89. The molecule has 2 aromatic carbocycles. The lowest BCUT2D eigenvalue weighted by Gasteiger charge is -2.11. The Hall–Kier alpha value is -2.30. The maximum atomic E-state index is 8.89. The van der Waals surface area contributed by atoms with Gasteiger partial charge in [-0.1, -0.05) is 48.5 Å². The molecule has 0 aliphatic rings. The van der Waals surface area contributed by atoms with Gasteiger partial charge in [-0.05, 0) is 6.07 Å². The van der Waals surface area contributed by atoms with Gasteiger partial charge in [0.1, 0.15) is 6.73 Å². The van der Waals surface area contributed by atoms with Gasteiger partial charge in [-0.2, -0.15) is 0 Å². The molecule has 0 aliphatic heterocycles. The smallest absolute Gasteiger partial charge is 0.123 e. The zero-order valence-corrected chi connectivity index (χ0v) is 11.7. The fourth-order valence-corrected chi connectivity index (χ4v) is 2.59. The zero-order valence-electron chi connectivity index (χ0n) is 11.7. The monoisotopic (exact) mass is 282 g/mol. The first-order chi connectivity index (χ1) is 10.3. The lowest BCUT2D eigenvalue weighted by atomic mass is 10.1. The van der Waals surface area contributed by atoms with Gasteiger partial charge in [-0.3, -0.25) is 0 Å². The first-order valence-electron chi connectivity index (χ1n) is 6.93. The van der Waals surface area contributed by atoms with Gasteiger partial charge in [0, 0.05) is 10.9 Å². The second-order valence-electron chi connectivity index (χ2n) is 4.83. The number of aromatic nitrogens is 1. The van der Waals surface area contributed by atoms with E-state index in [0.717, 1.165) is 27.8 Å². The van der Waals surface area contributed by atoms with Crippen molar-refractivity contribution < 1.29 is 9.84 Å². The molecule has 108 valence electrons. The van der Waals surface area contributed by atoms with Crippen LogP contribution in [0.3, 0.4) is 0 Å². The van der Waals surface area contributed by atoms with Crippen molar-refractivity contribution in [3.8, 4) is 11.3 Å². The van der Waals surface area contributed by atoms with Crippen molar-refractivity contribution in [1.82, 2.24) is 4.57 Å². The predicted octanol–water partition coefficient (Wildman–Crippen LogP) is 2.86. The molecule has 0 spiro atoms. The minimum absolute atomic E-state index is 0.00928. The van der Waals surface area contributed by atoms with Crippen LogP contribution in [0.25, 0.3) is 22.2 Å². The SMILES string of the molecule is Nc1c(-c2ccccc2)n(COCCO)c2ccccc12. The van der Waals surface area contributed by atoms with Gasteiger partial charge in [0.15, 0.2) is 0 Å². The number of ether oxygens (including phenoxy) is 1. The molecule has 0 atom stereocenters. The standard InChI is InChI=1S/C17H18N2O2/c18-16-14-8-4-5-9-15(14)19(12-21-11-10-20)17(16)13-6-2-1-3-7-13/h1-9,20H,10-12,18H2. The zero-order chi connectivity index (χ0) is 14.7. The van der Waals surface area contributed by atoms with Crippen LogP contribution < -0.4 is 5.73 Å². The minimum atomic E-state index is 0.00928. The number of benzene rings is 2. The average molecular weight is 282 g/mol. The molecule has 4 nitrogen and oxygen atoms in total. The quantitative estimate of drug-likeness (QED) is 0.707. The molecule has 0 aliphatic carbocycles. The third kappa shape index (κ3) is 2.51. The number of aliphatic hydroxyl groups excluding tert-OH is 1. The van der Waals surface area contributed by atoms with Gasteiger partial charge in [-0.15, -0.1) is 0 Å². The van der Waals surface area contributed by atoms with Crippen molar-refractivity contribution in [3.63, 3.8) is 0 Å². The molecule has 0 amide bonds. The molecule has 21 heavy (non-hydrogen) atoms. The fourth-order valence-electron chi connectivity index (χ4n) is 2.59. The Morgan fingerprint density at radius 2 is 1.71 bits per heavy atom. The molecule has 0 unspecified atom stereocenters. The Balaban J connectivity index is 2.16. The third-order valence-electron chi connectivity index (χ3n) is 3.51. The van der Waals surface area contributed by atoms with Crippen LogP contribution in [0.1, 0.15) is 0 Å². The number of nitrogen functional groups attached to an aromatic ring is 1. The summed E-state index contributed by atoms with van der Waals surface area (Å²) >= 11 is 0. The van der Waals surface area contributed by atoms with E-state index in [-0.39, 0.29) is 6.61 Å². The first kappa shape index (κ1) is 13.7. The van der Waals surface area contributed by atoms with E-state index in [9.17, 15) is 0 Å². The van der Waals surface area contributed by atoms with Gasteiger partial charge in [-0.25, -0.2) is 0 Å². The highest BCUT2D eigenvalue weighted by Gasteiger charge is 2.15. The second kappa shape index (κ2) is 5.99. The Bertz CT molecular complexity index is 735. The summed E-state index contributed by atoms with van der Waals surface area (Å²) in [6.07, 6.45) is 0. The summed E-state index contributed by atoms with van der Waals surface area (Å²) in [5.74, 6) is 0. The lowest BCUT2D eigenvalue weighted by molar-refractivity contribution is 0.0512. The van der Waals surface area contributed by atoms with E-state index in [1.165, 1.54) is 0 Å². The van der Waals surface area contributed by atoms with Crippen LogP contribution in [0.4, 0.5) is 5.69 Å². The number of hydrogen-bond acceptors (Lipinski definition) is 3. The van der Waals surface area contributed by atoms with E-state index >= 15 is 0 Å². The van der Waals surface area contributed by atoms with E-state index in [4.69, 9.17) is 15.6 Å². The topological polar surface area (TPSA) is 60.4 Å². The Morgan fingerprint density at radius 1 is 1.00 bits per heavy atom. The van der Waals surface area contributed by atoms with Crippen LogP contribution in [0.15, 0.2) is 54.6 Å². The lowest BCUT2D eigenvalue weighted by Crippen LogP contribution is -2.07. The Kier molecular flexibility index (Phi) is 3.90. The largest absolute Gasteiger partial charge is 0.396 e. The van der Waals surface area contributed by atoms with Crippen LogP contribution in [0, 0.1) is 0 Å². The van der Waals surface area contributed by atoms with Crippen LogP contribution in [0.5, 0.6) is 0 Å². The molecule has 1 aromatic heterocycles.